The van der Waals surface area contributed by atoms with Crippen LogP contribution in [0, 0.1) is 12.8 Å². The Kier molecular flexibility index (Phi) is 7.64. The summed E-state index contributed by atoms with van der Waals surface area (Å²) in [5, 5.41) is 10.8. The molecule has 12 heteroatoms. The van der Waals surface area contributed by atoms with Gasteiger partial charge in [-0.1, -0.05) is 12.1 Å². The summed E-state index contributed by atoms with van der Waals surface area (Å²) in [5.74, 6) is 0.325. The number of aromatic nitrogens is 5. The maximum absolute atomic E-state index is 12.9. The van der Waals surface area contributed by atoms with Crippen molar-refractivity contribution in [3.8, 4) is 11.1 Å². The first-order chi connectivity index (χ1) is 18.7. The smallest absolute Gasteiger partial charge is 0.269 e. The highest BCUT2D eigenvalue weighted by atomic mass is 79.9. The molecule has 1 aromatic carbocycles. The lowest BCUT2D eigenvalue weighted by Crippen LogP contribution is -2.35. The molecule has 1 aliphatic carbocycles. The molecule has 2 unspecified atom stereocenters. The van der Waals surface area contributed by atoms with Gasteiger partial charge in [0.25, 0.3) is 5.91 Å². The van der Waals surface area contributed by atoms with Crippen LogP contribution < -0.4 is 16.4 Å². The number of carbonyl (C=O) groups excluding carboxylic acids is 3. The molecule has 0 aliphatic heterocycles. The second-order valence-electron chi connectivity index (χ2n) is 9.66. The lowest BCUT2D eigenvalue weighted by atomic mass is 10.0. The van der Waals surface area contributed by atoms with E-state index in [1.807, 2.05) is 12.1 Å². The third kappa shape index (κ3) is 6.28. The maximum Gasteiger partial charge on any atom is 0.269 e. The summed E-state index contributed by atoms with van der Waals surface area (Å²) in [7, 11) is 0. The predicted molar refractivity (Wildman–Crippen MR) is 148 cm³/mol. The lowest BCUT2D eigenvalue weighted by Gasteiger charge is -2.14. The summed E-state index contributed by atoms with van der Waals surface area (Å²) in [6.07, 6.45) is 6.11. The van der Waals surface area contributed by atoms with E-state index in [1.165, 1.54) is 4.68 Å². The van der Waals surface area contributed by atoms with Crippen LogP contribution in [0.15, 0.2) is 53.4 Å². The Morgan fingerprint density at radius 2 is 1.87 bits per heavy atom. The Balaban J connectivity index is 1.21. The molecular formula is C27H27BrN8O3. The Bertz CT molecular complexity index is 1550. The molecule has 3 heterocycles. The zero-order valence-corrected chi connectivity index (χ0v) is 22.8. The molecule has 1 aliphatic rings. The average molecular weight is 591 g/mol. The van der Waals surface area contributed by atoms with Gasteiger partial charge in [0, 0.05) is 35.8 Å². The lowest BCUT2D eigenvalue weighted by molar-refractivity contribution is -0.122. The second-order valence-corrected chi connectivity index (χ2v) is 10.5. The van der Waals surface area contributed by atoms with Crippen LogP contribution in [-0.4, -0.2) is 48.5 Å². The number of pyridine rings is 1. The monoisotopic (exact) mass is 590 g/mol. The van der Waals surface area contributed by atoms with Crippen LogP contribution in [0.3, 0.4) is 0 Å². The minimum absolute atomic E-state index is 0.0372. The number of nitrogens with zero attached hydrogens (tertiary/aromatic N) is 5. The first-order valence-electron chi connectivity index (χ1n) is 12.6. The molecule has 3 amide bonds. The second kappa shape index (κ2) is 11.3. The number of fused-ring (bicyclic) bond motifs is 1. The van der Waals surface area contributed by atoms with E-state index >= 15 is 0 Å². The van der Waals surface area contributed by atoms with Gasteiger partial charge in [0.2, 0.25) is 11.8 Å². The highest BCUT2D eigenvalue weighted by molar-refractivity contribution is 9.10. The first-order valence-corrected chi connectivity index (χ1v) is 13.4. The van der Waals surface area contributed by atoms with Crippen LogP contribution in [0.1, 0.15) is 42.0 Å². The van der Waals surface area contributed by atoms with Gasteiger partial charge in [-0.25, -0.2) is 15.0 Å². The van der Waals surface area contributed by atoms with E-state index in [0.29, 0.717) is 40.0 Å². The van der Waals surface area contributed by atoms with Gasteiger partial charge in [-0.05, 0) is 77.9 Å². The van der Waals surface area contributed by atoms with Crippen molar-refractivity contribution in [1.82, 2.24) is 30.0 Å². The van der Waals surface area contributed by atoms with Gasteiger partial charge >= 0.3 is 0 Å². The summed E-state index contributed by atoms with van der Waals surface area (Å²) in [5.41, 5.74) is 7.92. The van der Waals surface area contributed by atoms with Gasteiger partial charge in [0.1, 0.15) is 22.8 Å². The van der Waals surface area contributed by atoms with Crippen molar-refractivity contribution in [3.63, 3.8) is 0 Å². The number of anilines is 1. The molecule has 0 radical (unpaired) electrons. The molecule has 0 spiro atoms. The fourth-order valence-electron chi connectivity index (χ4n) is 4.94. The van der Waals surface area contributed by atoms with E-state index in [1.54, 1.807) is 43.6 Å². The minimum atomic E-state index is -0.675. The van der Waals surface area contributed by atoms with Crippen molar-refractivity contribution in [2.24, 2.45) is 11.7 Å². The number of carbonyl (C=O) groups is 3. The number of nitrogens with two attached hydrogens (primary N) is 1. The number of amides is 3. The molecule has 0 bridgehead atoms. The number of hydrogen-bond acceptors (Lipinski definition) is 7. The fourth-order valence-corrected chi connectivity index (χ4v) is 5.28. The topological polar surface area (TPSA) is 158 Å². The van der Waals surface area contributed by atoms with Crippen molar-refractivity contribution >= 4 is 50.4 Å². The molecule has 39 heavy (non-hydrogen) atoms. The van der Waals surface area contributed by atoms with Gasteiger partial charge < -0.3 is 16.4 Å². The zero-order valence-electron chi connectivity index (χ0n) is 21.2. The summed E-state index contributed by atoms with van der Waals surface area (Å²) >= 11 is 3.29. The van der Waals surface area contributed by atoms with Crippen LogP contribution in [0.2, 0.25) is 0 Å². The Morgan fingerprint density at radius 3 is 2.62 bits per heavy atom. The van der Waals surface area contributed by atoms with E-state index in [9.17, 15) is 14.4 Å². The number of hydrogen-bond donors (Lipinski definition) is 3. The standard InChI is InChI=1S/C27H27BrN8O3/c1-15-30-12-18(13-31-15)17-6-8-21-20(11-17)26(27(29)39)35-36(21)14-25(38)32-19-7-5-16(9-19)10-24(37)34-23-4-2-3-22(28)33-23/h2-4,6,8,11-13,16,19H,5,7,9-10,14H2,1H3,(H2,29,39)(H,32,38)(H,33,34,37). The minimum Gasteiger partial charge on any atom is -0.364 e. The Morgan fingerprint density at radius 1 is 1.08 bits per heavy atom. The third-order valence-electron chi connectivity index (χ3n) is 6.75. The molecule has 4 N–H and O–H groups in total. The SMILES string of the molecule is Cc1ncc(-c2ccc3c(c2)c(C(N)=O)nn3CC(=O)NC2CCC(CC(=O)Nc3cccc(Br)n3)C2)cn1. The van der Waals surface area contributed by atoms with Gasteiger partial charge in [-0.2, -0.15) is 5.10 Å². The van der Waals surface area contributed by atoms with Crippen LogP contribution in [0.25, 0.3) is 22.0 Å². The van der Waals surface area contributed by atoms with Crippen LogP contribution in [0.5, 0.6) is 0 Å². The Labute approximate surface area is 232 Å². The van der Waals surface area contributed by atoms with E-state index in [-0.39, 0.29) is 36.0 Å². The molecule has 4 aromatic rings. The van der Waals surface area contributed by atoms with Crippen LogP contribution >= 0.6 is 15.9 Å². The molecule has 5 rings (SSSR count). The predicted octanol–water partition coefficient (Wildman–Crippen LogP) is 3.37. The van der Waals surface area contributed by atoms with Crippen molar-refractivity contribution < 1.29 is 14.4 Å². The maximum atomic E-state index is 12.9. The van der Waals surface area contributed by atoms with E-state index < -0.39 is 5.91 Å². The van der Waals surface area contributed by atoms with Crippen molar-refractivity contribution in [3.05, 3.63) is 64.9 Å². The highest BCUT2D eigenvalue weighted by Gasteiger charge is 2.28. The largest absolute Gasteiger partial charge is 0.364 e. The first kappa shape index (κ1) is 26.4. The van der Waals surface area contributed by atoms with Crippen LogP contribution in [-0.2, 0) is 16.1 Å². The van der Waals surface area contributed by atoms with Gasteiger partial charge in [0.15, 0.2) is 5.69 Å². The number of halogens is 1. The number of rotatable bonds is 8. The summed E-state index contributed by atoms with van der Waals surface area (Å²) < 4.78 is 2.14. The van der Waals surface area contributed by atoms with Crippen molar-refractivity contribution in [1.29, 1.82) is 0 Å². The molecule has 3 aromatic heterocycles. The summed E-state index contributed by atoms with van der Waals surface area (Å²) in [6, 6.07) is 10.8. The van der Waals surface area contributed by atoms with Crippen LogP contribution in [0.4, 0.5) is 5.82 Å². The number of primary amides is 1. The van der Waals surface area contributed by atoms with Crippen molar-refractivity contribution in [2.75, 3.05) is 5.32 Å². The molecule has 1 fully saturated rings. The number of aryl methyl sites for hydroxylation is 1. The summed E-state index contributed by atoms with van der Waals surface area (Å²) in [6.45, 7) is 1.74. The highest BCUT2D eigenvalue weighted by Crippen LogP contribution is 2.29. The molecule has 200 valence electrons. The van der Waals surface area contributed by atoms with E-state index in [4.69, 9.17) is 5.73 Å². The fraction of sp³-hybridized carbons (Fsp3) is 0.296. The van der Waals surface area contributed by atoms with Gasteiger partial charge in [-0.3, -0.25) is 19.1 Å². The van der Waals surface area contributed by atoms with Gasteiger partial charge in [-0.15, -0.1) is 0 Å². The van der Waals surface area contributed by atoms with E-state index in [2.05, 4.69) is 46.6 Å². The van der Waals surface area contributed by atoms with Crippen molar-refractivity contribution in [2.45, 2.75) is 45.2 Å². The molecule has 2 atom stereocenters. The molecule has 11 nitrogen and oxygen atoms in total. The Hall–Kier alpha value is -4.19. The van der Waals surface area contributed by atoms with Gasteiger partial charge in [0.05, 0.1) is 5.52 Å². The normalized spacial score (nSPS) is 16.8. The molecule has 0 saturated heterocycles. The zero-order chi connectivity index (χ0) is 27.5. The summed E-state index contributed by atoms with van der Waals surface area (Å²) in [4.78, 5) is 50.2. The quantitative estimate of drug-likeness (QED) is 0.265. The number of benzene rings is 1. The molecular weight excluding hydrogens is 564 g/mol. The third-order valence-corrected chi connectivity index (χ3v) is 7.20. The van der Waals surface area contributed by atoms with E-state index in [0.717, 1.165) is 24.0 Å². The molecule has 1 saturated carbocycles. The average Bonchev–Trinajstić information content (AvgIpc) is 3.48. The number of nitrogens with one attached hydrogen (secondary N) is 2.